The summed E-state index contributed by atoms with van der Waals surface area (Å²) in [6.07, 6.45) is 4.36. The Morgan fingerprint density at radius 2 is 1.93 bits per heavy atom. The Kier molecular flexibility index (Phi) is 6.83. The van der Waals surface area contributed by atoms with Crippen molar-refractivity contribution in [2.75, 3.05) is 26.2 Å². The van der Waals surface area contributed by atoms with E-state index in [0.717, 1.165) is 19.3 Å². The van der Waals surface area contributed by atoms with E-state index in [1.807, 2.05) is 4.90 Å². The van der Waals surface area contributed by atoms with Crippen LogP contribution in [-0.4, -0.2) is 60.4 Å². The van der Waals surface area contributed by atoms with Crippen LogP contribution in [0.1, 0.15) is 42.5 Å². The highest BCUT2D eigenvalue weighted by molar-refractivity contribution is 5.97. The van der Waals surface area contributed by atoms with Crippen molar-refractivity contribution in [2.45, 2.75) is 44.8 Å². The Labute approximate surface area is 163 Å². The zero-order valence-electron chi connectivity index (χ0n) is 15.9. The van der Waals surface area contributed by atoms with Crippen LogP contribution in [0.4, 0.5) is 8.78 Å². The minimum atomic E-state index is -3.00. The van der Waals surface area contributed by atoms with Crippen molar-refractivity contribution >= 4 is 11.8 Å². The van der Waals surface area contributed by atoms with E-state index in [0.29, 0.717) is 32.5 Å². The van der Waals surface area contributed by atoms with Crippen LogP contribution in [-0.2, 0) is 4.79 Å². The number of nitrogens with zero attached hydrogens (tertiary/aromatic N) is 2. The number of nitrogens with two attached hydrogens (primary N) is 1. The molecule has 0 aliphatic carbocycles. The number of ether oxygens (including phenoxy) is 1. The molecular formula is C20H27F2N3O3. The zero-order valence-corrected chi connectivity index (χ0v) is 15.9. The molecule has 0 spiro atoms. The molecule has 2 unspecified atom stereocenters. The summed E-state index contributed by atoms with van der Waals surface area (Å²) in [6.45, 7) is -1.08. The Morgan fingerprint density at radius 1 is 1.14 bits per heavy atom. The number of halogens is 2. The van der Waals surface area contributed by atoms with Crippen LogP contribution in [0.5, 0.6) is 5.75 Å². The third kappa shape index (κ3) is 4.60. The fourth-order valence-corrected chi connectivity index (χ4v) is 4.15. The Bertz CT molecular complexity index is 701. The van der Waals surface area contributed by atoms with Crippen LogP contribution in [0.25, 0.3) is 0 Å². The molecule has 6 nitrogen and oxygen atoms in total. The molecule has 0 aromatic heterocycles. The summed E-state index contributed by atoms with van der Waals surface area (Å²) in [4.78, 5) is 29.4. The van der Waals surface area contributed by atoms with Gasteiger partial charge in [-0.15, -0.1) is 0 Å². The molecule has 8 heteroatoms. The normalized spacial score (nSPS) is 23.0. The molecular weight excluding hydrogens is 368 g/mol. The molecule has 2 fully saturated rings. The topological polar surface area (TPSA) is 75.9 Å². The van der Waals surface area contributed by atoms with Gasteiger partial charge in [0.1, 0.15) is 5.75 Å². The lowest BCUT2D eigenvalue weighted by Gasteiger charge is -2.40. The van der Waals surface area contributed by atoms with E-state index < -0.39 is 6.61 Å². The van der Waals surface area contributed by atoms with Crippen molar-refractivity contribution in [3.8, 4) is 5.75 Å². The monoisotopic (exact) mass is 395 g/mol. The first-order valence-corrected chi connectivity index (χ1v) is 9.85. The van der Waals surface area contributed by atoms with Crippen LogP contribution in [0.15, 0.2) is 24.3 Å². The average Bonchev–Trinajstić information content (AvgIpc) is 2.72. The molecule has 1 aromatic carbocycles. The minimum Gasteiger partial charge on any atom is -0.434 e. The fraction of sp³-hybridized carbons (Fsp3) is 0.600. The summed E-state index contributed by atoms with van der Waals surface area (Å²) < 4.78 is 29.8. The third-order valence-corrected chi connectivity index (χ3v) is 5.57. The van der Waals surface area contributed by atoms with E-state index in [9.17, 15) is 18.4 Å². The maximum atomic E-state index is 13.0. The predicted molar refractivity (Wildman–Crippen MR) is 100 cm³/mol. The minimum absolute atomic E-state index is 0.0461. The largest absolute Gasteiger partial charge is 0.434 e. The number of alkyl halides is 2. The Hall–Kier alpha value is -2.22. The van der Waals surface area contributed by atoms with E-state index in [1.54, 1.807) is 17.0 Å². The van der Waals surface area contributed by atoms with Gasteiger partial charge in [0, 0.05) is 32.2 Å². The molecule has 2 heterocycles. The van der Waals surface area contributed by atoms with E-state index >= 15 is 0 Å². The molecule has 2 aliphatic heterocycles. The van der Waals surface area contributed by atoms with Crippen LogP contribution >= 0.6 is 0 Å². The third-order valence-electron chi connectivity index (χ3n) is 5.57. The lowest BCUT2D eigenvalue weighted by molar-refractivity contribution is -0.140. The molecule has 28 heavy (non-hydrogen) atoms. The number of rotatable bonds is 5. The lowest BCUT2D eigenvalue weighted by Crippen LogP contribution is -2.53. The molecule has 1 aromatic rings. The standard InChI is InChI=1S/C20H27F2N3O3/c21-20(22)28-17-9-2-1-8-16(17)19(27)24-10-5-6-14(13-24)18(26)25-11-4-3-7-15(25)12-23/h1-2,8-9,14-15,20H,3-7,10-13,23H2. The van der Waals surface area contributed by atoms with Gasteiger partial charge in [-0.05, 0) is 44.2 Å². The number of hydrogen-bond acceptors (Lipinski definition) is 4. The smallest absolute Gasteiger partial charge is 0.387 e. The SMILES string of the molecule is NCC1CCCCN1C(=O)C1CCCN(C(=O)c2ccccc2OC(F)F)C1. The van der Waals surface area contributed by atoms with E-state index in [4.69, 9.17) is 5.73 Å². The van der Waals surface area contributed by atoms with Gasteiger partial charge in [-0.25, -0.2) is 0 Å². The molecule has 2 saturated heterocycles. The fourth-order valence-electron chi connectivity index (χ4n) is 4.15. The van der Waals surface area contributed by atoms with Crippen LogP contribution in [0.3, 0.4) is 0 Å². The van der Waals surface area contributed by atoms with Crippen LogP contribution in [0.2, 0.25) is 0 Å². The first-order chi connectivity index (χ1) is 13.5. The first kappa shape index (κ1) is 20.5. The predicted octanol–water partition coefficient (Wildman–Crippen LogP) is 2.48. The van der Waals surface area contributed by atoms with Crippen LogP contribution in [0, 0.1) is 5.92 Å². The second-order valence-corrected chi connectivity index (χ2v) is 7.38. The van der Waals surface area contributed by atoms with Gasteiger partial charge in [0.2, 0.25) is 5.91 Å². The number of benzene rings is 1. The molecule has 0 saturated carbocycles. The summed E-state index contributed by atoms with van der Waals surface area (Å²) in [5, 5.41) is 0. The van der Waals surface area contributed by atoms with Gasteiger partial charge in [-0.3, -0.25) is 9.59 Å². The number of hydrogen-bond donors (Lipinski definition) is 1. The van der Waals surface area contributed by atoms with Crippen molar-refractivity contribution in [3.05, 3.63) is 29.8 Å². The number of amides is 2. The molecule has 2 aliphatic rings. The first-order valence-electron chi connectivity index (χ1n) is 9.85. The number of para-hydroxylation sites is 1. The quantitative estimate of drug-likeness (QED) is 0.831. The summed E-state index contributed by atoms with van der Waals surface area (Å²) in [5.41, 5.74) is 5.93. The lowest BCUT2D eigenvalue weighted by atomic mass is 9.93. The molecule has 0 radical (unpaired) electrons. The Morgan fingerprint density at radius 3 is 2.68 bits per heavy atom. The summed E-state index contributed by atoms with van der Waals surface area (Å²) in [6, 6.07) is 6.04. The Balaban J connectivity index is 1.71. The van der Waals surface area contributed by atoms with Gasteiger partial charge in [0.05, 0.1) is 11.5 Å². The van der Waals surface area contributed by atoms with E-state index in [-0.39, 0.29) is 41.6 Å². The van der Waals surface area contributed by atoms with Gasteiger partial charge in [-0.1, -0.05) is 12.1 Å². The zero-order chi connectivity index (χ0) is 20.1. The van der Waals surface area contributed by atoms with Gasteiger partial charge >= 0.3 is 6.61 Å². The van der Waals surface area contributed by atoms with Gasteiger partial charge < -0.3 is 20.3 Å². The highest BCUT2D eigenvalue weighted by Gasteiger charge is 2.35. The second kappa shape index (κ2) is 9.32. The van der Waals surface area contributed by atoms with Gasteiger partial charge in [0.25, 0.3) is 5.91 Å². The number of likely N-dealkylation sites (tertiary alicyclic amines) is 2. The molecule has 154 valence electrons. The van der Waals surface area contributed by atoms with Crippen molar-refractivity contribution in [2.24, 2.45) is 11.7 Å². The van der Waals surface area contributed by atoms with Crippen LogP contribution < -0.4 is 10.5 Å². The highest BCUT2D eigenvalue weighted by atomic mass is 19.3. The molecule has 2 N–H and O–H groups in total. The van der Waals surface area contributed by atoms with E-state index in [2.05, 4.69) is 4.74 Å². The number of carbonyl (C=O) groups is 2. The summed E-state index contributed by atoms with van der Waals surface area (Å²) in [7, 11) is 0. The number of piperidine rings is 2. The van der Waals surface area contributed by atoms with Crippen molar-refractivity contribution < 1.29 is 23.1 Å². The summed E-state index contributed by atoms with van der Waals surface area (Å²) in [5.74, 6) is -0.768. The second-order valence-electron chi connectivity index (χ2n) is 7.38. The number of carbonyl (C=O) groups excluding carboxylic acids is 2. The van der Waals surface area contributed by atoms with Gasteiger partial charge in [-0.2, -0.15) is 8.78 Å². The van der Waals surface area contributed by atoms with E-state index in [1.165, 1.54) is 12.1 Å². The van der Waals surface area contributed by atoms with Crippen molar-refractivity contribution in [1.29, 1.82) is 0 Å². The average molecular weight is 395 g/mol. The molecule has 0 bridgehead atoms. The van der Waals surface area contributed by atoms with Gasteiger partial charge in [0.15, 0.2) is 0 Å². The van der Waals surface area contributed by atoms with Crippen molar-refractivity contribution in [1.82, 2.24) is 9.80 Å². The van der Waals surface area contributed by atoms with Crippen molar-refractivity contribution in [3.63, 3.8) is 0 Å². The highest BCUT2D eigenvalue weighted by Crippen LogP contribution is 2.27. The maximum Gasteiger partial charge on any atom is 0.387 e. The molecule has 2 atom stereocenters. The molecule has 2 amide bonds. The summed E-state index contributed by atoms with van der Waals surface area (Å²) >= 11 is 0. The maximum absolute atomic E-state index is 13.0. The molecule has 3 rings (SSSR count).